The van der Waals surface area contributed by atoms with Crippen molar-refractivity contribution in [2.24, 2.45) is 0 Å². The topological polar surface area (TPSA) is 49.9 Å². The molecule has 0 bridgehead atoms. The molecule has 0 unspecified atom stereocenters. The van der Waals surface area contributed by atoms with Gasteiger partial charge in [0.05, 0.1) is 12.0 Å². The Hall–Kier alpha value is -2.38. The summed E-state index contributed by atoms with van der Waals surface area (Å²) in [5.74, 6) is 0.642. The smallest absolute Gasteiger partial charge is 0.243 e. The molecule has 1 fully saturated rings. The van der Waals surface area contributed by atoms with E-state index in [-0.39, 0.29) is 0 Å². The highest BCUT2D eigenvalue weighted by Gasteiger charge is 2.28. The average molecular weight is 457 g/mol. The van der Waals surface area contributed by atoms with Crippen LogP contribution in [0.5, 0.6) is 5.75 Å². The third kappa shape index (κ3) is 4.93. The Morgan fingerprint density at radius 2 is 1.52 bits per heavy atom. The molecule has 4 rings (SSSR count). The molecule has 1 aliphatic rings. The van der Waals surface area contributed by atoms with E-state index < -0.39 is 10.0 Å². The molecule has 5 nitrogen and oxygen atoms in total. The fraction of sp³-hybridized carbons (Fsp3) is 0.250. The van der Waals surface area contributed by atoms with E-state index in [1.165, 1.54) is 11.1 Å². The maximum absolute atomic E-state index is 13.0. The third-order valence-corrected chi connectivity index (χ3v) is 7.76. The maximum Gasteiger partial charge on any atom is 0.243 e. The van der Waals surface area contributed by atoms with Gasteiger partial charge in [0.1, 0.15) is 5.75 Å². The van der Waals surface area contributed by atoms with Gasteiger partial charge in [0.25, 0.3) is 0 Å². The summed E-state index contributed by atoms with van der Waals surface area (Å²) in [6.45, 7) is 3.08. The van der Waals surface area contributed by atoms with E-state index in [9.17, 15) is 8.42 Å². The molecule has 3 aromatic rings. The summed E-state index contributed by atoms with van der Waals surface area (Å²) >= 11 is 6.04. The minimum atomic E-state index is -3.50. The van der Waals surface area contributed by atoms with Crippen LogP contribution in [0, 0.1) is 0 Å². The van der Waals surface area contributed by atoms with E-state index in [2.05, 4.69) is 17.0 Å². The van der Waals surface area contributed by atoms with Crippen LogP contribution < -0.4 is 4.74 Å². The first kappa shape index (κ1) is 21.8. The number of benzene rings is 3. The Kier molecular flexibility index (Phi) is 6.62. The van der Waals surface area contributed by atoms with Gasteiger partial charge in [-0.15, -0.1) is 0 Å². The van der Waals surface area contributed by atoms with Gasteiger partial charge in [0.15, 0.2) is 0 Å². The van der Waals surface area contributed by atoms with Crippen molar-refractivity contribution < 1.29 is 13.2 Å². The molecule has 0 aromatic heterocycles. The summed E-state index contributed by atoms with van der Waals surface area (Å²) in [6.07, 6.45) is 0. The van der Waals surface area contributed by atoms with Crippen LogP contribution in [0.15, 0.2) is 77.7 Å². The minimum absolute atomic E-state index is 0.301. The van der Waals surface area contributed by atoms with Crippen LogP contribution in [-0.2, 0) is 16.6 Å². The van der Waals surface area contributed by atoms with Gasteiger partial charge in [-0.3, -0.25) is 4.90 Å². The zero-order valence-electron chi connectivity index (χ0n) is 17.4. The molecule has 1 saturated heterocycles. The number of rotatable bonds is 6. The lowest BCUT2D eigenvalue weighted by molar-refractivity contribution is 0.182. The second-order valence-corrected chi connectivity index (χ2v) is 9.89. The molecule has 1 aliphatic heterocycles. The Morgan fingerprint density at radius 3 is 2.16 bits per heavy atom. The standard InChI is InChI=1S/C24H25ClN2O3S/c1-30-22-10-12-23(13-11-22)31(28,29)27-16-14-26(15-17-27)18-20-4-2-3-5-24(20)19-6-8-21(25)9-7-19/h2-13H,14-18H2,1H3. The van der Waals surface area contributed by atoms with Crippen LogP contribution in [0.3, 0.4) is 0 Å². The van der Waals surface area contributed by atoms with Crippen molar-refractivity contribution in [1.82, 2.24) is 9.21 Å². The predicted molar refractivity (Wildman–Crippen MR) is 124 cm³/mol. The number of methoxy groups -OCH3 is 1. The van der Waals surface area contributed by atoms with E-state index in [4.69, 9.17) is 16.3 Å². The van der Waals surface area contributed by atoms with Gasteiger partial charge in [-0.25, -0.2) is 8.42 Å². The van der Waals surface area contributed by atoms with Crippen molar-refractivity contribution in [1.29, 1.82) is 0 Å². The molecule has 3 aromatic carbocycles. The fourth-order valence-corrected chi connectivity index (χ4v) is 5.38. The number of hydrogen-bond acceptors (Lipinski definition) is 4. The van der Waals surface area contributed by atoms with Gasteiger partial charge >= 0.3 is 0 Å². The Morgan fingerprint density at radius 1 is 0.871 bits per heavy atom. The van der Waals surface area contributed by atoms with Crippen LogP contribution in [-0.4, -0.2) is 50.9 Å². The van der Waals surface area contributed by atoms with E-state index in [0.29, 0.717) is 36.8 Å². The maximum atomic E-state index is 13.0. The first-order valence-electron chi connectivity index (χ1n) is 10.2. The van der Waals surface area contributed by atoms with Gasteiger partial charge < -0.3 is 4.74 Å². The van der Waals surface area contributed by atoms with Crippen molar-refractivity contribution in [3.63, 3.8) is 0 Å². The number of hydrogen-bond donors (Lipinski definition) is 0. The molecule has 0 N–H and O–H groups in total. The van der Waals surface area contributed by atoms with Crippen LogP contribution in [0.2, 0.25) is 5.02 Å². The molecule has 0 saturated carbocycles. The van der Waals surface area contributed by atoms with Crippen LogP contribution >= 0.6 is 11.6 Å². The molecule has 0 aliphatic carbocycles. The first-order chi connectivity index (χ1) is 15.0. The highest BCUT2D eigenvalue weighted by Crippen LogP contribution is 2.27. The summed E-state index contributed by atoms with van der Waals surface area (Å²) in [7, 11) is -1.94. The molecule has 0 radical (unpaired) electrons. The number of ether oxygens (including phenoxy) is 1. The van der Waals surface area contributed by atoms with E-state index >= 15 is 0 Å². The first-order valence-corrected chi connectivity index (χ1v) is 12.0. The van der Waals surface area contributed by atoms with Gasteiger partial charge in [0, 0.05) is 37.7 Å². The lowest BCUT2D eigenvalue weighted by Crippen LogP contribution is -2.48. The van der Waals surface area contributed by atoms with Crippen LogP contribution in [0.1, 0.15) is 5.56 Å². The molecule has 1 heterocycles. The van der Waals surface area contributed by atoms with Crippen LogP contribution in [0.25, 0.3) is 11.1 Å². The summed E-state index contributed by atoms with van der Waals surface area (Å²) < 4.78 is 32.6. The Labute approximate surface area is 188 Å². The minimum Gasteiger partial charge on any atom is -0.497 e. The predicted octanol–water partition coefficient (Wildman–Crippen LogP) is 4.52. The Balaban J connectivity index is 1.43. The van der Waals surface area contributed by atoms with E-state index in [1.807, 2.05) is 36.4 Å². The van der Waals surface area contributed by atoms with E-state index in [0.717, 1.165) is 17.1 Å². The van der Waals surface area contributed by atoms with Gasteiger partial charge in [-0.2, -0.15) is 4.31 Å². The quantitative estimate of drug-likeness (QED) is 0.547. The number of sulfonamides is 1. The lowest BCUT2D eigenvalue weighted by Gasteiger charge is -2.34. The van der Waals surface area contributed by atoms with Gasteiger partial charge in [0.2, 0.25) is 10.0 Å². The van der Waals surface area contributed by atoms with Crippen molar-refractivity contribution >= 4 is 21.6 Å². The van der Waals surface area contributed by atoms with Crippen molar-refractivity contribution in [3.8, 4) is 16.9 Å². The molecule has 0 atom stereocenters. The molecule has 31 heavy (non-hydrogen) atoms. The summed E-state index contributed by atoms with van der Waals surface area (Å²) in [6, 6.07) is 22.7. The van der Waals surface area contributed by atoms with Crippen molar-refractivity contribution in [3.05, 3.63) is 83.4 Å². The monoisotopic (exact) mass is 456 g/mol. The molecule has 7 heteroatoms. The Bertz CT molecular complexity index is 1120. The second kappa shape index (κ2) is 9.40. The fourth-order valence-electron chi connectivity index (χ4n) is 3.83. The third-order valence-electron chi connectivity index (χ3n) is 5.60. The zero-order valence-corrected chi connectivity index (χ0v) is 18.9. The zero-order chi connectivity index (χ0) is 21.8. The SMILES string of the molecule is COc1ccc(S(=O)(=O)N2CCN(Cc3ccccc3-c3ccc(Cl)cc3)CC2)cc1. The highest BCUT2D eigenvalue weighted by atomic mass is 35.5. The van der Waals surface area contributed by atoms with Gasteiger partial charge in [-0.05, 0) is 53.1 Å². The summed E-state index contributed by atoms with van der Waals surface area (Å²) in [5, 5.41) is 0.718. The van der Waals surface area contributed by atoms with Gasteiger partial charge in [-0.1, -0.05) is 48.0 Å². The summed E-state index contributed by atoms with van der Waals surface area (Å²) in [5.41, 5.74) is 3.52. The molecular weight excluding hydrogens is 432 g/mol. The molecular formula is C24H25ClN2O3S. The number of piperazine rings is 1. The van der Waals surface area contributed by atoms with Crippen molar-refractivity contribution in [2.75, 3.05) is 33.3 Å². The molecule has 0 spiro atoms. The van der Waals surface area contributed by atoms with E-state index in [1.54, 1.807) is 35.7 Å². The number of nitrogens with zero attached hydrogens (tertiary/aromatic N) is 2. The summed E-state index contributed by atoms with van der Waals surface area (Å²) in [4.78, 5) is 2.60. The molecule has 162 valence electrons. The number of halogens is 1. The largest absolute Gasteiger partial charge is 0.497 e. The second-order valence-electron chi connectivity index (χ2n) is 7.52. The van der Waals surface area contributed by atoms with Crippen LogP contribution in [0.4, 0.5) is 0 Å². The highest BCUT2D eigenvalue weighted by molar-refractivity contribution is 7.89. The normalized spacial score (nSPS) is 15.7. The lowest BCUT2D eigenvalue weighted by atomic mass is 9.99. The molecule has 0 amide bonds. The van der Waals surface area contributed by atoms with Crippen molar-refractivity contribution in [2.45, 2.75) is 11.4 Å². The average Bonchev–Trinajstić information content (AvgIpc) is 2.80.